The Labute approximate surface area is 90.0 Å². The van der Waals surface area contributed by atoms with Gasteiger partial charge in [0.25, 0.3) is 0 Å². The number of methoxy groups -OCH3 is 1. The first-order chi connectivity index (χ1) is 7.79. The van der Waals surface area contributed by atoms with E-state index in [1.165, 1.54) is 7.11 Å². The fraction of sp³-hybridized carbons (Fsp3) is 0.0909. The van der Waals surface area contributed by atoms with Crippen molar-refractivity contribution in [1.29, 1.82) is 0 Å². The molecule has 2 heterocycles. The van der Waals surface area contributed by atoms with E-state index in [9.17, 15) is 4.79 Å². The predicted molar refractivity (Wildman–Crippen MR) is 57.2 cm³/mol. The summed E-state index contributed by atoms with van der Waals surface area (Å²) >= 11 is 0. The number of benzene rings is 1. The molecule has 0 bridgehead atoms. The summed E-state index contributed by atoms with van der Waals surface area (Å²) in [5.41, 5.74) is 2.20. The fourth-order valence-electron chi connectivity index (χ4n) is 1.70. The van der Waals surface area contributed by atoms with Crippen molar-refractivity contribution in [1.82, 2.24) is 9.97 Å². The SMILES string of the molecule is COC(=O)c1nc2c(ccc3[nH]ccc32)o1. The van der Waals surface area contributed by atoms with Gasteiger partial charge in [0.1, 0.15) is 5.52 Å². The normalized spacial score (nSPS) is 11.1. The van der Waals surface area contributed by atoms with Gasteiger partial charge in [-0.1, -0.05) is 0 Å². The van der Waals surface area contributed by atoms with Gasteiger partial charge in [-0.2, -0.15) is 0 Å². The van der Waals surface area contributed by atoms with Gasteiger partial charge < -0.3 is 14.1 Å². The molecule has 16 heavy (non-hydrogen) atoms. The van der Waals surface area contributed by atoms with Gasteiger partial charge in [0.15, 0.2) is 5.58 Å². The van der Waals surface area contributed by atoms with E-state index in [1.54, 1.807) is 6.07 Å². The Kier molecular flexibility index (Phi) is 1.73. The molecular weight excluding hydrogens is 208 g/mol. The number of ether oxygens (including phenoxy) is 1. The molecule has 0 amide bonds. The minimum Gasteiger partial charge on any atom is -0.462 e. The van der Waals surface area contributed by atoms with E-state index in [0.29, 0.717) is 11.1 Å². The molecule has 0 aliphatic heterocycles. The van der Waals surface area contributed by atoms with Crippen LogP contribution >= 0.6 is 0 Å². The number of esters is 1. The van der Waals surface area contributed by atoms with Gasteiger partial charge in [0, 0.05) is 17.1 Å². The Hall–Kier alpha value is -2.30. The maximum atomic E-state index is 11.3. The van der Waals surface area contributed by atoms with Gasteiger partial charge in [-0.15, -0.1) is 0 Å². The summed E-state index contributed by atoms with van der Waals surface area (Å²) in [5, 5.41) is 0.927. The van der Waals surface area contributed by atoms with E-state index in [0.717, 1.165) is 10.9 Å². The first-order valence-corrected chi connectivity index (χ1v) is 4.74. The molecule has 0 saturated carbocycles. The van der Waals surface area contributed by atoms with Crippen molar-refractivity contribution in [2.24, 2.45) is 0 Å². The van der Waals surface area contributed by atoms with Crippen LogP contribution in [0.4, 0.5) is 0 Å². The molecule has 0 aliphatic rings. The molecule has 0 radical (unpaired) electrons. The lowest BCUT2D eigenvalue weighted by Crippen LogP contribution is -2.00. The minimum absolute atomic E-state index is 0.0220. The van der Waals surface area contributed by atoms with E-state index in [2.05, 4.69) is 14.7 Å². The van der Waals surface area contributed by atoms with Crippen molar-refractivity contribution in [2.45, 2.75) is 0 Å². The lowest BCUT2D eigenvalue weighted by molar-refractivity contribution is 0.0559. The van der Waals surface area contributed by atoms with Crippen LogP contribution in [0.25, 0.3) is 22.0 Å². The maximum absolute atomic E-state index is 11.3. The quantitative estimate of drug-likeness (QED) is 0.632. The highest BCUT2D eigenvalue weighted by molar-refractivity contribution is 6.03. The van der Waals surface area contributed by atoms with Gasteiger partial charge in [0.05, 0.1) is 7.11 Å². The van der Waals surface area contributed by atoms with E-state index in [1.807, 2.05) is 18.3 Å². The van der Waals surface area contributed by atoms with Gasteiger partial charge >= 0.3 is 11.9 Å². The molecule has 5 nitrogen and oxygen atoms in total. The summed E-state index contributed by atoms with van der Waals surface area (Å²) in [5.74, 6) is -0.592. The van der Waals surface area contributed by atoms with Gasteiger partial charge in [-0.25, -0.2) is 9.78 Å². The van der Waals surface area contributed by atoms with E-state index in [-0.39, 0.29) is 5.89 Å². The Balaban J connectivity index is 2.34. The zero-order valence-corrected chi connectivity index (χ0v) is 8.48. The summed E-state index contributed by atoms with van der Waals surface area (Å²) in [6.45, 7) is 0. The highest BCUT2D eigenvalue weighted by Crippen LogP contribution is 2.24. The minimum atomic E-state index is -0.570. The maximum Gasteiger partial charge on any atom is 0.394 e. The van der Waals surface area contributed by atoms with E-state index >= 15 is 0 Å². The van der Waals surface area contributed by atoms with Crippen LogP contribution in [0.3, 0.4) is 0 Å². The van der Waals surface area contributed by atoms with Gasteiger partial charge in [-0.05, 0) is 18.2 Å². The highest BCUT2D eigenvalue weighted by Gasteiger charge is 2.16. The molecule has 0 fully saturated rings. The molecule has 2 aromatic heterocycles. The third kappa shape index (κ3) is 1.11. The van der Waals surface area contributed by atoms with Crippen LogP contribution in [0, 0.1) is 0 Å². The Morgan fingerprint density at radius 1 is 1.44 bits per heavy atom. The zero-order chi connectivity index (χ0) is 11.1. The van der Waals surface area contributed by atoms with Crippen LogP contribution in [0.5, 0.6) is 0 Å². The molecule has 3 rings (SSSR count). The average Bonchev–Trinajstić information content (AvgIpc) is 2.92. The van der Waals surface area contributed by atoms with Gasteiger partial charge in [-0.3, -0.25) is 0 Å². The summed E-state index contributed by atoms with van der Waals surface area (Å²) in [6.07, 6.45) is 1.82. The lowest BCUT2D eigenvalue weighted by atomic mass is 10.2. The second-order valence-electron chi connectivity index (χ2n) is 3.36. The molecule has 3 aromatic rings. The first-order valence-electron chi connectivity index (χ1n) is 4.74. The molecule has 1 aromatic carbocycles. The average molecular weight is 216 g/mol. The molecule has 0 saturated heterocycles. The molecule has 0 aliphatic carbocycles. The molecule has 0 spiro atoms. The topological polar surface area (TPSA) is 68.1 Å². The molecular formula is C11H8N2O3. The Morgan fingerprint density at radius 2 is 2.31 bits per heavy atom. The van der Waals surface area contributed by atoms with E-state index in [4.69, 9.17) is 4.42 Å². The van der Waals surface area contributed by atoms with Crippen LogP contribution in [-0.2, 0) is 4.74 Å². The fourth-order valence-corrected chi connectivity index (χ4v) is 1.70. The van der Waals surface area contributed by atoms with Crippen LogP contribution in [0.2, 0.25) is 0 Å². The number of H-pyrrole nitrogens is 1. The largest absolute Gasteiger partial charge is 0.462 e. The number of fused-ring (bicyclic) bond motifs is 3. The first kappa shape index (κ1) is 8.96. The van der Waals surface area contributed by atoms with Crippen LogP contribution in [0.15, 0.2) is 28.8 Å². The molecule has 5 heteroatoms. The smallest absolute Gasteiger partial charge is 0.394 e. The van der Waals surface area contributed by atoms with Crippen molar-refractivity contribution in [3.8, 4) is 0 Å². The second kappa shape index (κ2) is 3.10. The number of rotatable bonds is 1. The summed E-state index contributed by atoms with van der Waals surface area (Å²) < 4.78 is 9.86. The number of aromatic amines is 1. The second-order valence-corrected chi connectivity index (χ2v) is 3.36. The number of hydrogen-bond acceptors (Lipinski definition) is 4. The number of nitrogens with one attached hydrogen (secondary N) is 1. The van der Waals surface area contributed by atoms with Crippen molar-refractivity contribution in [3.63, 3.8) is 0 Å². The molecule has 0 unspecified atom stereocenters. The number of oxazole rings is 1. The lowest BCUT2D eigenvalue weighted by Gasteiger charge is -1.88. The highest BCUT2D eigenvalue weighted by atomic mass is 16.5. The number of nitrogens with zero attached hydrogens (tertiary/aromatic N) is 1. The molecule has 0 atom stereocenters. The van der Waals surface area contributed by atoms with Crippen LogP contribution < -0.4 is 0 Å². The number of hydrogen-bond donors (Lipinski definition) is 1. The Bertz CT molecular complexity index is 681. The third-order valence-corrected chi connectivity index (χ3v) is 2.45. The third-order valence-electron chi connectivity index (χ3n) is 2.45. The summed E-state index contributed by atoms with van der Waals surface area (Å²) in [7, 11) is 1.29. The van der Waals surface area contributed by atoms with E-state index < -0.39 is 5.97 Å². The Morgan fingerprint density at radius 3 is 3.12 bits per heavy atom. The van der Waals surface area contributed by atoms with Crippen LogP contribution in [-0.4, -0.2) is 23.0 Å². The van der Waals surface area contributed by atoms with Crippen molar-refractivity contribution in [3.05, 3.63) is 30.3 Å². The predicted octanol–water partition coefficient (Wildman–Crippen LogP) is 2.10. The van der Waals surface area contributed by atoms with Crippen LogP contribution in [0.1, 0.15) is 10.7 Å². The van der Waals surface area contributed by atoms with Gasteiger partial charge in [0.2, 0.25) is 0 Å². The number of carbonyl (C=O) groups is 1. The van der Waals surface area contributed by atoms with Crippen molar-refractivity contribution >= 4 is 28.0 Å². The molecule has 1 N–H and O–H groups in total. The standard InChI is InChI=1S/C11H8N2O3/c1-15-11(14)10-13-9-6-4-5-12-7(6)2-3-8(9)16-10/h2-5,12H,1H3. The number of carbonyl (C=O) groups excluding carboxylic acids is 1. The molecule has 80 valence electrons. The zero-order valence-electron chi connectivity index (χ0n) is 8.48. The monoisotopic (exact) mass is 216 g/mol. The van der Waals surface area contributed by atoms with Crippen molar-refractivity contribution in [2.75, 3.05) is 7.11 Å². The van der Waals surface area contributed by atoms with Crippen molar-refractivity contribution < 1.29 is 13.9 Å². The summed E-state index contributed by atoms with van der Waals surface area (Å²) in [6, 6.07) is 5.54. The number of aromatic nitrogens is 2. The summed E-state index contributed by atoms with van der Waals surface area (Å²) in [4.78, 5) is 18.5.